The molecule has 1 saturated heterocycles. The number of hydrogen-bond acceptors (Lipinski definition) is 9. The van der Waals surface area contributed by atoms with Crippen LogP contribution in [0.25, 0.3) is 10.4 Å². The number of hydrogen-bond donors (Lipinski definition) is 1. The monoisotopic (exact) mass is 529 g/mol. The molecule has 0 atom stereocenters. The second kappa shape index (κ2) is 12.4. The molecule has 36 heavy (non-hydrogen) atoms. The number of carbonyl (C=O) groups is 2. The van der Waals surface area contributed by atoms with Gasteiger partial charge in [0.2, 0.25) is 5.91 Å². The molecule has 1 aromatic carbocycles. The molecule has 1 N–H and O–H groups in total. The number of carbonyl (C=O) groups excluding carboxylic acids is 2. The summed E-state index contributed by atoms with van der Waals surface area (Å²) in [5.74, 6) is 1.09. The molecule has 0 unspecified atom stereocenters. The number of esters is 1. The third-order valence-corrected chi connectivity index (χ3v) is 7.82. The molecule has 3 aromatic rings. The highest BCUT2D eigenvalue weighted by atomic mass is 32.1. The number of benzene rings is 1. The molecule has 0 saturated carbocycles. The maximum absolute atomic E-state index is 12.9. The van der Waals surface area contributed by atoms with E-state index in [2.05, 4.69) is 15.1 Å². The Balaban J connectivity index is 1.34. The first-order chi connectivity index (χ1) is 17.5. The van der Waals surface area contributed by atoms with Crippen LogP contribution in [0.3, 0.4) is 0 Å². The van der Waals surface area contributed by atoms with Gasteiger partial charge in [-0.05, 0) is 36.6 Å². The van der Waals surface area contributed by atoms with Gasteiger partial charge >= 0.3 is 5.97 Å². The highest BCUT2D eigenvalue weighted by molar-refractivity contribution is 7.17. The van der Waals surface area contributed by atoms with E-state index in [1.165, 1.54) is 11.3 Å². The molecule has 0 aliphatic carbocycles. The zero-order valence-corrected chi connectivity index (χ0v) is 22.4. The first-order valence-electron chi connectivity index (χ1n) is 11.8. The summed E-state index contributed by atoms with van der Waals surface area (Å²) in [6.45, 7) is 6.29. The predicted octanol–water partition coefficient (Wildman–Crippen LogP) is 4.43. The van der Waals surface area contributed by atoms with Gasteiger partial charge in [-0.15, -0.1) is 22.7 Å². The van der Waals surface area contributed by atoms with Crippen LogP contribution in [0.5, 0.6) is 11.5 Å². The topological polar surface area (TPSA) is 80.3 Å². The molecule has 10 heteroatoms. The number of nitrogens with one attached hydrogen (secondary N) is 1. The van der Waals surface area contributed by atoms with Gasteiger partial charge in [0.25, 0.3) is 0 Å². The fraction of sp³-hybridized carbons (Fsp3) is 0.385. The van der Waals surface area contributed by atoms with Crippen molar-refractivity contribution < 1.29 is 23.8 Å². The quantitative estimate of drug-likeness (QED) is 0.389. The highest BCUT2D eigenvalue weighted by Crippen LogP contribution is 2.38. The van der Waals surface area contributed by atoms with E-state index < -0.39 is 5.97 Å². The Morgan fingerprint density at radius 2 is 1.81 bits per heavy atom. The molecule has 0 spiro atoms. The van der Waals surface area contributed by atoms with Gasteiger partial charge in [0.05, 0.1) is 27.4 Å². The van der Waals surface area contributed by atoms with E-state index in [9.17, 15) is 9.59 Å². The summed E-state index contributed by atoms with van der Waals surface area (Å²) in [5, 5.41) is 7.35. The lowest BCUT2D eigenvalue weighted by Gasteiger charge is -2.34. The lowest BCUT2D eigenvalue weighted by atomic mass is 10.1. The van der Waals surface area contributed by atoms with Crippen LogP contribution in [-0.4, -0.2) is 75.2 Å². The molecular weight excluding hydrogens is 498 g/mol. The Hall–Kier alpha value is -2.92. The second-order valence-electron chi connectivity index (χ2n) is 8.33. The van der Waals surface area contributed by atoms with Crippen molar-refractivity contribution in [3.8, 4) is 21.9 Å². The van der Waals surface area contributed by atoms with Gasteiger partial charge in [-0.2, -0.15) is 0 Å². The van der Waals surface area contributed by atoms with Crippen molar-refractivity contribution in [2.24, 2.45) is 0 Å². The molecule has 3 heterocycles. The summed E-state index contributed by atoms with van der Waals surface area (Å²) >= 11 is 2.90. The molecule has 1 aliphatic heterocycles. The normalized spacial score (nSPS) is 14.4. The summed E-state index contributed by atoms with van der Waals surface area (Å²) in [7, 11) is 3.33. The van der Waals surface area contributed by atoms with Gasteiger partial charge in [0.1, 0.15) is 22.1 Å². The number of nitrogens with zero attached hydrogens (tertiary/aromatic N) is 2. The van der Waals surface area contributed by atoms with Crippen molar-refractivity contribution in [3.63, 3.8) is 0 Å². The van der Waals surface area contributed by atoms with Crippen LogP contribution < -0.4 is 14.8 Å². The summed E-state index contributed by atoms with van der Waals surface area (Å²) < 4.78 is 16.1. The van der Waals surface area contributed by atoms with Gasteiger partial charge < -0.3 is 19.5 Å². The SMILES string of the molecule is CCOC(=O)c1c(-c2cccs2)csc1NC(=O)CN1CCN(Cc2cc(OC)ccc2OC)CC1. The minimum atomic E-state index is -0.418. The lowest BCUT2D eigenvalue weighted by Crippen LogP contribution is -2.48. The molecule has 1 aliphatic rings. The molecule has 0 radical (unpaired) electrons. The van der Waals surface area contributed by atoms with Crippen LogP contribution >= 0.6 is 22.7 Å². The second-order valence-corrected chi connectivity index (χ2v) is 10.2. The van der Waals surface area contributed by atoms with Crippen LogP contribution in [0.15, 0.2) is 41.1 Å². The van der Waals surface area contributed by atoms with Crippen LogP contribution in [0.4, 0.5) is 5.00 Å². The van der Waals surface area contributed by atoms with E-state index in [0.717, 1.165) is 60.2 Å². The standard InChI is InChI=1S/C26H31N3O5S2/c1-4-34-26(31)24-20(22-6-5-13-35-22)17-36-25(24)27-23(30)16-29-11-9-28(10-12-29)15-18-14-19(32-2)7-8-21(18)33-3/h5-8,13-14,17H,4,9-12,15-16H2,1-3H3,(H,27,30). The number of ether oxygens (including phenoxy) is 3. The van der Waals surface area contributed by atoms with Crippen molar-refractivity contribution in [2.45, 2.75) is 13.5 Å². The van der Waals surface area contributed by atoms with Crippen LogP contribution in [-0.2, 0) is 16.1 Å². The average Bonchev–Trinajstić information content (AvgIpc) is 3.55. The van der Waals surface area contributed by atoms with Crippen molar-refractivity contribution in [3.05, 3.63) is 52.2 Å². The summed E-state index contributed by atoms with van der Waals surface area (Å²) in [5.41, 5.74) is 2.30. The summed E-state index contributed by atoms with van der Waals surface area (Å²) in [6, 6.07) is 9.72. The van der Waals surface area contributed by atoms with Gasteiger partial charge in [0.15, 0.2) is 0 Å². The van der Waals surface area contributed by atoms with Crippen molar-refractivity contribution >= 4 is 39.6 Å². The average molecular weight is 530 g/mol. The molecule has 1 fully saturated rings. The minimum Gasteiger partial charge on any atom is -0.497 e. The van der Waals surface area contributed by atoms with E-state index in [4.69, 9.17) is 14.2 Å². The number of thiophene rings is 2. The number of amides is 1. The Bertz CT molecular complexity index is 1170. The Labute approximate surface area is 219 Å². The van der Waals surface area contributed by atoms with Crippen LogP contribution in [0.2, 0.25) is 0 Å². The van der Waals surface area contributed by atoms with Gasteiger partial charge in [-0.3, -0.25) is 14.6 Å². The fourth-order valence-corrected chi connectivity index (χ4v) is 5.98. The van der Waals surface area contributed by atoms with Gasteiger partial charge in [-0.1, -0.05) is 6.07 Å². The van der Waals surface area contributed by atoms with Crippen molar-refractivity contribution in [2.75, 3.05) is 58.9 Å². The van der Waals surface area contributed by atoms with Crippen LogP contribution in [0.1, 0.15) is 22.8 Å². The van der Waals surface area contributed by atoms with Crippen LogP contribution in [0, 0.1) is 0 Å². The highest BCUT2D eigenvalue weighted by Gasteiger charge is 2.25. The van der Waals surface area contributed by atoms with Gasteiger partial charge in [0, 0.05) is 54.1 Å². The molecule has 2 aromatic heterocycles. The summed E-state index contributed by atoms with van der Waals surface area (Å²) in [6.07, 6.45) is 0. The van der Waals surface area contributed by atoms with E-state index >= 15 is 0 Å². The smallest absolute Gasteiger partial charge is 0.341 e. The first kappa shape index (κ1) is 26.2. The molecule has 1 amide bonds. The Morgan fingerprint density at radius 3 is 2.47 bits per heavy atom. The number of methoxy groups -OCH3 is 2. The molecule has 8 nitrogen and oxygen atoms in total. The summed E-state index contributed by atoms with van der Waals surface area (Å²) in [4.78, 5) is 31.0. The number of rotatable bonds is 10. The van der Waals surface area contributed by atoms with Crippen molar-refractivity contribution in [1.82, 2.24) is 9.80 Å². The third kappa shape index (κ3) is 6.25. The van der Waals surface area contributed by atoms with Gasteiger partial charge in [-0.25, -0.2) is 4.79 Å². The van der Waals surface area contributed by atoms with E-state index in [-0.39, 0.29) is 19.1 Å². The Morgan fingerprint density at radius 1 is 1.03 bits per heavy atom. The largest absolute Gasteiger partial charge is 0.497 e. The molecular formula is C26H31N3O5S2. The first-order valence-corrected chi connectivity index (χ1v) is 13.6. The Kier molecular flexibility index (Phi) is 8.98. The predicted molar refractivity (Wildman–Crippen MR) is 143 cm³/mol. The van der Waals surface area contributed by atoms with Crippen molar-refractivity contribution in [1.29, 1.82) is 0 Å². The molecule has 192 valence electrons. The number of anilines is 1. The van der Waals surface area contributed by atoms with E-state index in [1.54, 1.807) is 32.5 Å². The zero-order valence-electron chi connectivity index (χ0n) is 20.7. The third-order valence-electron chi connectivity index (χ3n) is 6.02. The van der Waals surface area contributed by atoms with E-state index in [1.807, 2.05) is 41.1 Å². The molecule has 4 rings (SSSR count). The number of piperazine rings is 1. The maximum Gasteiger partial charge on any atom is 0.341 e. The fourth-order valence-electron chi connectivity index (χ4n) is 4.19. The minimum absolute atomic E-state index is 0.136. The lowest BCUT2D eigenvalue weighted by molar-refractivity contribution is -0.117. The zero-order chi connectivity index (χ0) is 25.5. The van der Waals surface area contributed by atoms with E-state index in [0.29, 0.717) is 10.6 Å². The molecule has 0 bridgehead atoms. The maximum atomic E-state index is 12.9.